The average molecular weight is 225 g/mol. The number of aryl methyl sites for hydroxylation is 1. The molecule has 0 saturated heterocycles. The average Bonchev–Trinajstić information content (AvgIpc) is 2.61. The highest BCUT2D eigenvalue weighted by Gasteiger charge is 2.24. The standard InChI is InChI=1S/C12H23N3O/c1-5-6-7-8-15-11(12(2,3)4)10(9-16)13-14-15/h16H,5-9H2,1-4H3. The molecule has 0 amide bonds. The van der Waals surface area contributed by atoms with Crippen molar-refractivity contribution in [1.82, 2.24) is 15.0 Å². The summed E-state index contributed by atoms with van der Waals surface area (Å²) < 4.78 is 1.95. The highest BCUT2D eigenvalue weighted by molar-refractivity contribution is 5.18. The minimum Gasteiger partial charge on any atom is -0.390 e. The lowest BCUT2D eigenvalue weighted by atomic mass is 9.90. The molecular formula is C12H23N3O. The number of unbranched alkanes of at least 4 members (excludes halogenated alkanes) is 2. The molecule has 1 rings (SSSR count). The summed E-state index contributed by atoms with van der Waals surface area (Å²) in [6, 6.07) is 0. The van der Waals surface area contributed by atoms with E-state index in [2.05, 4.69) is 38.0 Å². The first-order valence-corrected chi connectivity index (χ1v) is 6.04. The summed E-state index contributed by atoms with van der Waals surface area (Å²) in [6.07, 6.45) is 3.53. The molecule has 0 fully saturated rings. The first-order chi connectivity index (χ1) is 7.50. The van der Waals surface area contributed by atoms with Crippen LogP contribution in [0.2, 0.25) is 0 Å². The molecule has 0 unspecified atom stereocenters. The number of aliphatic hydroxyl groups is 1. The summed E-state index contributed by atoms with van der Waals surface area (Å²) in [7, 11) is 0. The van der Waals surface area contributed by atoms with Crippen LogP contribution < -0.4 is 0 Å². The molecule has 0 atom stereocenters. The largest absolute Gasteiger partial charge is 0.390 e. The van der Waals surface area contributed by atoms with Crippen LogP contribution in [0.25, 0.3) is 0 Å². The van der Waals surface area contributed by atoms with Gasteiger partial charge in [-0.2, -0.15) is 0 Å². The Morgan fingerprint density at radius 1 is 1.25 bits per heavy atom. The number of aromatic nitrogens is 3. The second kappa shape index (κ2) is 5.43. The van der Waals surface area contributed by atoms with Crippen molar-refractivity contribution in [3.63, 3.8) is 0 Å². The zero-order valence-corrected chi connectivity index (χ0v) is 10.8. The molecule has 4 heteroatoms. The summed E-state index contributed by atoms with van der Waals surface area (Å²) in [6.45, 7) is 9.43. The molecule has 1 aromatic rings. The second-order valence-corrected chi connectivity index (χ2v) is 5.22. The van der Waals surface area contributed by atoms with Crippen LogP contribution in [0.4, 0.5) is 0 Å². The molecule has 0 aliphatic heterocycles. The summed E-state index contributed by atoms with van der Waals surface area (Å²) >= 11 is 0. The highest BCUT2D eigenvalue weighted by atomic mass is 16.3. The molecule has 4 nitrogen and oxygen atoms in total. The van der Waals surface area contributed by atoms with Gasteiger partial charge in [0.15, 0.2) is 0 Å². The van der Waals surface area contributed by atoms with Crippen LogP contribution in [0.5, 0.6) is 0 Å². The van der Waals surface area contributed by atoms with Crippen LogP contribution in [0, 0.1) is 0 Å². The Morgan fingerprint density at radius 3 is 2.44 bits per heavy atom. The topological polar surface area (TPSA) is 50.9 Å². The number of aliphatic hydroxyl groups excluding tert-OH is 1. The summed E-state index contributed by atoms with van der Waals surface area (Å²) in [5, 5.41) is 17.4. The third kappa shape index (κ3) is 3.04. The lowest BCUT2D eigenvalue weighted by Crippen LogP contribution is -2.20. The van der Waals surface area contributed by atoms with Gasteiger partial charge >= 0.3 is 0 Å². The van der Waals surface area contributed by atoms with Crippen LogP contribution in [0.1, 0.15) is 58.3 Å². The van der Waals surface area contributed by atoms with Gasteiger partial charge in [0.1, 0.15) is 5.69 Å². The van der Waals surface area contributed by atoms with Crippen molar-refractivity contribution in [2.45, 2.75) is 65.5 Å². The Balaban J connectivity index is 2.88. The SMILES string of the molecule is CCCCCn1nnc(CO)c1C(C)(C)C. The lowest BCUT2D eigenvalue weighted by Gasteiger charge is -2.20. The van der Waals surface area contributed by atoms with E-state index >= 15 is 0 Å². The number of hydrogen-bond acceptors (Lipinski definition) is 3. The minimum absolute atomic E-state index is 0.0201. The predicted octanol–water partition coefficient (Wildman–Crippen LogP) is 2.26. The fourth-order valence-electron chi connectivity index (χ4n) is 1.94. The van der Waals surface area contributed by atoms with Crippen LogP contribution in [0.15, 0.2) is 0 Å². The van der Waals surface area contributed by atoms with Crippen molar-refractivity contribution < 1.29 is 5.11 Å². The molecule has 0 saturated carbocycles. The molecule has 0 spiro atoms. The summed E-state index contributed by atoms with van der Waals surface area (Å²) in [5.41, 5.74) is 1.75. The predicted molar refractivity (Wildman–Crippen MR) is 64.2 cm³/mol. The Labute approximate surface area is 97.7 Å². The van der Waals surface area contributed by atoms with Crippen molar-refractivity contribution in [3.8, 4) is 0 Å². The normalized spacial score (nSPS) is 12.1. The van der Waals surface area contributed by atoms with E-state index in [0.29, 0.717) is 5.69 Å². The van der Waals surface area contributed by atoms with Crippen molar-refractivity contribution >= 4 is 0 Å². The van der Waals surface area contributed by atoms with E-state index in [1.807, 2.05) is 4.68 Å². The number of hydrogen-bond donors (Lipinski definition) is 1. The molecule has 1 aromatic heterocycles. The molecule has 0 aliphatic carbocycles. The molecule has 1 N–H and O–H groups in total. The highest BCUT2D eigenvalue weighted by Crippen LogP contribution is 2.24. The van der Waals surface area contributed by atoms with Crippen LogP contribution in [0.3, 0.4) is 0 Å². The van der Waals surface area contributed by atoms with Crippen molar-refractivity contribution in [2.75, 3.05) is 0 Å². The van der Waals surface area contributed by atoms with E-state index in [1.165, 1.54) is 12.8 Å². The Bertz CT molecular complexity index is 325. The molecule has 1 heterocycles. The Morgan fingerprint density at radius 2 is 1.94 bits per heavy atom. The van der Waals surface area contributed by atoms with Gasteiger partial charge in [0.05, 0.1) is 12.3 Å². The zero-order valence-electron chi connectivity index (χ0n) is 10.8. The molecule has 0 aromatic carbocycles. The maximum absolute atomic E-state index is 9.25. The van der Waals surface area contributed by atoms with Crippen LogP contribution in [-0.2, 0) is 18.6 Å². The summed E-state index contributed by atoms with van der Waals surface area (Å²) in [4.78, 5) is 0. The van der Waals surface area contributed by atoms with Crippen LogP contribution >= 0.6 is 0 Å². The smallest absolute Gasteiger partial charge is 0.112 e. The fourth-order valence-corrected chi connectivity index (χ4v) is 1.94. The van der Waals surface area contributed by atoms with E-state index in [0.717, 1.165) is 18.7 Å². The first-order valence-electron chi connectivity index (χ1n) is 6.04. The fraction of sp³-hybridized carbons (Fsp3) is 0.833. The Kier molecular flexibility index (Phi) is 4.47. The Hall–Kier alpha value is -0.900. The maximum Gasteiger partial charge on any atom is 0.112 e. The van der Waals surface area contributed by atoms with Crippen molar-refractivity contribution in [3.05, 3.63) is 11.4 Å². The van der Waals surface area contributed by atoms with E-state index in [1.54, 1.807) is 0 Å². The van der Waals surface area contributed by atoms with Gasteiger partial charge < -0.3 is 5.11 Å². The van der Waals surface area contributed by atoms with Crippen molar-refractivity contribution in [2.24, 2.45) is 0 Å². The quantitative estimate of drug-likeness (QED) is 0.782. The van der Waals surface area contributed by atoms with Gasteiger partial charge in [0, 0.05) is 12.0 Å². The van der Waals surface area contributed by atoms with Gasteiger partial charge in [0.25, 0.3) is 0 Å². The molecule has 0 aliphatic rings. The monoisotopic (exact) mass is 225 g/mol. The van der Waals surface area contributed by atoms with E-state index in [-0.39, 0.29) is 12.0 Å². The minimum atomic E-state index is -0.0274. The summed E-state index contributed by atoms with van der Waals surface area (Å²) in [5.74, 6) is 0. The molecule has 0 radical (unpaired) electrons. The van der Waals surface area contributed by atoms with Gasteiger partial charge in [-0.05, 0) is 6.42 Å². The van der Waals surface area contributed by atoms with Crippen LogP contribution in [-0.4, -0.2) is 20.1 Å². The molecule has 0 bridgehead atoms. The second-order valence-electron chi connectivity index (χ2n) is 5.22. The molecule has 16 heavy (non-hydrogen) atoms. The third-order valence-corrected chi connectivity index (χ3v) is 2.64. The maximum atomic E-state index is 9.25. The van der Waals surface area contributed by atoms with Gasteiger partial charge in [-0.15, -0.1) is 5.10 Å². The molecular weight excluding hydrogens is 202 g/mol. The number of nitrogens with zero attached hydrogens (tertiary/aromatic N) is 3. The van der Waals surface area contributed by atoms with E-state index < -0.39 is 0 Å². The first kappa shape index (κ1) is 13.2. The van der Waals surface area contributed by atoms with Gasteiger partial charge in [-0.25, -0.2) is 4.68 Å². The van der Waals surface area contributed by atoms with E-state index in [4.69, 9.17) is 0 Å². The zero-order chi connectivity index (χ0) is 12.2. The van der Waals surface area contributed by atoms with Gasteiger partial charge in [-0.1, -0.05) is 45.7 Å². The van der Waals surface area contributed by atoms with Gasteiger partial charge in [0.2, 0.25) is 0 Å². The van der Waals surface area contributed by atoms with E-state index in [9.17, 15) is 5.11 Å². The van der Waals surface area contributed by atoms with Gasteiger partial charge in [-0.3, -0.25) is 0 Å². The number of rotatable bonds is 5. The third-order valence-electron chi connectivity index (χ3n) is 2.64. The lowest BCUT2D eigenvalue weighted by molar-refractivity contribution is 0.273. The molecule has 92 valence electrons. The van der Waals surface area contributed by atoms with Crippen molar-refractivity contribution in [1.29, 1.82) is 0 Å².